The molecule has 0 aliphatic carbocycles. The highest BCUT2D eigenvalue weighted by Crippen LogP contribution is 2.42. The van der Waals surface area contributed by atoms with Crippen molar-refractivity contribution in [3.05, 3.63) is 138 Å². The molecule has 0 aliphatic heterocycles. The minimum Gasteiger partial charge on any atom is -0.481 e. The van der Waals surface area contributed by atoms with Crippen LogP contribution in [0.5, 0.6) is 0 Å². The largest absolute Gasteiger partial charge is 0.511 e. The lowest BCUT2D eigenvalue weighted by molar-refractivity contribution is -0.138. The number of carboxylic acid groups (broad SMARTS) is 1. The number of aliphatic carboxylic acids is 1. The maximum Gasteiger partial charge on any atom is 0.511 e. The Balaban J connectivity index is 1.49. The van der Waals surface area contributed by atoms with Crippen LogP contribution in [-0.4, -0.2) is 43.2 Å². The quantitative estimate of drug-likeness (QED) is 0.0687. The normalized spacial score (nSPS) is 12.7. The summed E-state index contributed by atoms with van der Waals surface area (Å²) in [6, 6.07) is 36.3. The van der Waals surface area contributed by atoms with E-state index in [-0.39, 0.29) is 36.8 Å². The molecule has 1 heterocycles. The van der Waals surface area contributed by atoms with Crippen LogP contribution >= 0.6 is 8.03 Å². The zero-order valence-corrected chi connectivity index (χ0v) is 34.6. The van der Waals surface area contributed by atoms with Gasteiger partial charge in [-0.25, -0.2) is 4.39 Å². The predicted molar refractivity (Wildman–Crippen MR) is 223 cm³/mol. The molecule has 0 radical (unpaired) electrons. The molecule has 1 aromatic heterocycles. The summed E-state index contributed by atoms with van der Waals surface area (Å²) in [5.74, 6) is 5.08. The second kappa shape index (κ2) is 18.2. The number of pyridine rings is 1. The van der Waals surface area contributed by atoms with Crippen LogP contribution in [0.2, 0.25) is 5.04 Å². The van der Waals surface area contributed by atoms with Crippen LogP contribution in [0, 0.1) is 17.7 Å². The fourth-order valence-electron chi connectivity index (χ4n) is 7.18. The molecule has 1 N–H and O–H groups in total. The molecule has 1 unspecified atom stereocenters. The van der Waals surface area contributed by atoms with Crippen LogP contribution in [-0.2, 0) is 18.3 Å². The van der Waals surface area contributed by atoms with E-state index >= 15 is 0 Å². The highest BCUT2D eigenvalue weighted by molar-refractivity contribution is 7.39. The van der Waals surface area contributed by atoms with Crippen molar-refractivity contribution in [1.82, 2.24) is 4.98 Å². The smallest absolute Gasteiger partial charge is 0.481 e. The van der Waals surface area contributed by atoms with Crippen LogP contribution in [0.15, 0.2) is 115 Å². The Kier molecular flexibility index (Phi) is 13.7. The van der Waals surface area contributed by atoms with Gasteiger partial charge < -0.3 is 9.53 Å². The Morgan fingerprint density at radius 1 is 0.818 bits per heavy atom. The molecule has 4 aromatic carbocycles. The molecule has 0 amide bonds. The molecule has 5 aromatic rings. The number of carbonyl (C=O) groups is 1. The predicted octanol–water partition coefficient (Wildman–Crippen LogP) is 10.3. The molecular formula is C46H50FNO5PSi+. The summed E-state index contributed by atoms with van der Waals surface area (Å²) in [6.07, 6.45) is -1.34. The number of benzene rings is 4. The molecular weight excluding hydrogens is 725 g/mol. The van der Waals surface area contributed by atoms with E-state index in [0.29, 0.717) is 5.56 Å². The number of hydrogen-bond acceptors (Lipinski definition) is 5. The van der Waals surface area contributed by atoms with Crippen LogP contribution < -0.4 is 10.4 Å². The Morgan fingerprint density at radius 2 is 1.36 bits per heavy atom. The van der Waals surface area contributed by atoms with Gasteiger partial charge in [0.15, 0.2) is 6.61 Å². The average Bonchev–Trinajstić information content (AvgIpc) is 3.15. The van der Waals surface area contributed by atoms with Crippen molar-refractivity contribution in [2.75, 3.05) is 12.8 Å². The molecule has 9 heteroatoms. The van der Waals surface area contributed by atoms with Gasteiger partial charge in [0.05, 0.1) is 23.4 Å². The zero-order valence-electron chi connectivity index (χ0n) is 32.7. The molecule has 284 valence electrons. The molecule has 5 rings (SSSR count). The van der Waals surface area contributed by atoms with E-state index in [1.807, 2.05) is 91.0 Å². The summed E-state index contributed by atoms with van der Waals surface area (Å²) < 4.78 is 40.7. The van der Waals surface area contributed by atoms with Gasteiger partial charge in [-0.15, -0.1) is 4.52 Å². The number of aromatic nitrogens is 1. The maximum atomic E-state index is 14.2. The number of hydrogen-bond donors (Lipinski definition) is 1. The summed E-state index contributed by atoms with van der Waals surface area (Å²) in [6.45, 7) is 14.5. The van der Waals surface area contributed by atoms with Crippen LogP contribution in [0.1, 0.15) is 83.5 Å². The molecule has 6 nitrogen and oxygen atoms in total. The van der Waals surface area contributed by atoms with E-state index in [0.717, 1.165) is 44.0 Å². The van der Waals surface area contributed by atoms with Gasteiger partial charge in [-0.1, -0.05) is 163 Å². The molecule has 0 saturated carbocycles. The van der Waals surface area contributed by atoms with Crippen LogP contribution in [0.25, 0.3) is 22.4 Å². The van der Waals surface area contributed by atoms with Gasteiger partial charge in [0, 0.05) is 11.1 Å². The first-order valence-corrected chi connectivity index (χ1v) is 22.0. The van der Waals surface area contributed by atoms with Crippen molar-refractivity contribution in [2.45, 2.75) is 77.9 Å². The minimum absolute atomic E-state index is 0.000118. The van der Waals surface area contributed by atoms with E-state index in [9.17, 15) is 18.9 Å². The molecule has 0 bridgehead atoms. The fourth-order valence-corrected chi connectivity index (χ4v) is 12.9. The first-order valence-electron chi connectivity index (χ1n) is 18.7. The Bertz CT molecular complexity index is 2100. The van der Waals surface area contributed by atoms with Gasteiger partial charge in [-0.2, -0.15) is 0 Å². The minimum atomic E-state index is -3.14. The number of nitrogens with zero attached hydrogens (tertiary/aromatic N) is 1. The molecule has 0 saturated heterocycles. The standard InChI is InChI=1S/C46H49FNO5PSi/c1-32(2)42-43(34-25-27-36(47)28-26-34)40(44(33(3)4)48-45(42)35-18-11-8-12-19-35)24-17-29-52-54(51)31-37(30-41(49)50)53-55(46(5,6)7,38-20-13-9-14-21-38)39-22-15-10-16-23-39/h8-16,18-23,25-28,32-33,37H,29-31H2,1-7H3/p+1/t37-/m0/s1. The van der Waals surface area contributed by atoms with E-state index < -0.39 is 33.5 Å². The second-order valence-corrected chi connectivity index (χ2v) is 20.8. The molecule has 0 aliphatic rings. The molecule has 2 atom stereocenters. The van der Waals surface area contributed by atoms with E-state index in [4.69, 9.17) is 13.9 Å². The highest BCUT2D eigenvalue weighted by Gasteiger charge is 2.52. The van der Waals surface area contributed by atoms with Crippen molar-refractivity contribution in [3.63, 3.8) is 0 Å². The third-order valence-corrected chi connectivity index (χ3v) is 15.8. The summed E-state index contributed by atoms with van der Waals surface area (Å²) in [4.78, 5) is 17.4. The zero-order chi connectivity index (χ0) is 39.8. The third kappa shape index (κ3) is 9.73. The number of carboxylic acids is 1. The lowest BCUT2D eigenvalue weighted by Crippen LogP contribution is -2.68. The molecule has 55 heavy (non-hydrogen) atoms. The first-order chi connectivity index (χ1) is 26.2. The monoisotopic (exact) mass is 774 g/mol. The summed E-state index contributed by atoms with van der Waals surface area (Å²) in [5.41, 5.74) is 6.03. The molecule has 0 fully saturated rings. The Hall–Kier alpha value is -4.77. The van der Waals surface area contributed by atoms with E-state index in [1.54, 1.807) is 12.1 Å². The second-order valence-electron chi connectivity index (χ2n) is 15.3. The van der Waals surface area contributed by atoms with Gasteiger partial charge in [0.2, 0.25) is 6.16 Å². The van der Waals surface area contributed by atoms with Crippen molar-refractivity contribution >= 4 is 32.7 Å². The summed E-state index contributed by atoms with van der Waals surface area (Å²) in [7, 11) is -5.50. The topological polar surface area (TPSA) is 85.7 Å². The Morgan fingerprint density at radius 3 is 1.85 bits per heavy atom. The van der Waals surface area contributed by atoms with Gasteiger partial charge >= 0.3 is 14.0 Å². The Labute approximate surface area is 327 Å². The van der Waals surface area contributed by atoms with E-state index in [1.165, 1.54) is 12.1 Å². The highest BCUT2D eigenvalue weighted by atomic mass is 31.1. The number of rotatable bonds is 14. The third-order valence-electron chi connectivity index (χ3n) is 9.58. The van der Waals surface area contributed by atoms with Crippen molar-refractivity contribution < 1.29 is 27.8 Å². The SMILES string of the molecule is CC(C)c1nc(-c2ccccc2)c(C(C)C)c(-c2ccc(F)cc2)c1C#CCO[P+](=O)C[C@H](CC(=O)O)O[Si](c1ccccc1)(c1ccccc1)C(C)(C)C. The van der Waals surface area contributed by atoms with Gasteiger partial charge in [-0.3, -0.25) is 9.78 Å². The van der Waals surface area contributed by atoms with Crippen molar-refractivity contribution in [3.8, 4) is 34.2 Å². The van der Waals surface area contributed by atoms with E-state index in [2.05, 4.69) is 60.3 Å². The van der Waals surface area contributed by atoms with Crippen LogP contribution in [0.3, 0.4) is 0 Å². The average molecular weight is 775 g/mol. The summed E-state index contributed by atoms with van der Waals surface area (Å²) >= 11 is 0. The van der Waals surface area contributed by atoms with Crippen LogP contribution in [0.4, 0.5) is 4.39 Å². The first kappa shape index (κ1) is 41.4. The summed E-state index contributed by atoms with van der Waals surface area (Å²) in [5, 5.41) is 11.6. The molecule has 0 spiro atoms. The van der Waals surface area contributed by atoms with Crippen molar-refractivity contribution in [2.24, 2.45) is 0 Å². The fraction of sp³-hybridized carbons (Fsp3) is 0.304. The van der Waals surface area contributed by atoms with Gasteiger partial charge in [0.1, 0.15) is 11.9 Å². The lowest BCUT2D eigenvalue weighted by Gasteiger charge is -2.44. The van der Waals surface area contributed by atoms with Gasteiger partial charge in [-0.05, 0) is 55.1 Å². The maximum absolute atomic E-state index is 14.2. The number of halogens is 1. The van der Waals surface area contributed by atoms with Crippen molar-refractivity contribution in [1.29, 1.82) is 0 Å². The van der Waals surface area contributed by atoms with Gasteiger partial charge in [0.25, 0.3) is 8.32 Å². The lowest BCUT2D eigenvalue weighted by atomic mass is 9.84.